The van der Waals surface area contributed by atoms with Gasteiger partial charge in [0.25, 0.3) is 0 Å². The van der Waals surface area contributed by atoms with E-state index in [1.165, 1.54) is 4.63 Å². The highest BCUT2D eigenvalue weighted by atomic mass is 16.5. The fourth-order valence-electron chi connectivity index (χ4n) is 1.35. The van der Waals surface area contributed by atoms with Crippen LogP contribution in [0.3, 0.4) is 0 Å². The van der Waals surface area contributed by atoms with Crippen LogP contribution in [0.1, 0.15) is 20.3 Å². The topological polar surface area (TPSA) is 77.2 Å². The number of fused-ring (bicyclic) bond motifs is 1. The summed E-state index contributed by atoms with van der Waals surface area (Å²) >= 11 is 0. The summed E-state index contributed by atoms with van der Waals surface area (Å²) in [5.41, 5.74) is 0.610. The Hall–Kier alpha value is -1.76. The van der Waals surface area contributed by atoms with Gasteiger partial charge in [0.1, 0.15) is 0 Å². The van der Waals surface area contributed by atoms with Gasteiger partial charge in [-0.15, -0.1) is 14.8 Å². The molecule has 0 aliphatic carbocycles. The van der Waals surface area contributed by atoms with Gasteiger partial charge in [-0.05, 0) is 29.5 Å². The van der Waals surface area contributed by atoms with Crippen LogP contribution in [0, 0.1) is 0 Å². The third-order valence-corrected chi connectivity index (χ3v) is 2.17. The molecule has 2 rings (SSSR count). The van der Waals surface area contributed by atoms with Crippen molar-refractivity contribution in [3.05, 3.63) is 12.1 Å². The zero-order chi connectivity index (χ0) is 12.1. The molecule has 2 aromatic rings. The first-order valence-electron chi connectivity index (χ1n) is 5.67. The molecule has 0 radical (unpaired) electrons. The normalized spacial score (nSPS) is 11.2. The second kappa shape index (κ2) is 5.53. The summed E-state index contributed by atoms with van der Waals surface area (Å²) in [5, 5.41) is 18.4. The van der Waals surface area contributed by atoms with Crippen LogP contribution in [-0.4, -0.2) is 44.4 Å². The maximum atomic E-state index is 5.50. The van der Waals surface area contributed by atoms with Gasteiger partial charge in [-0.2, -0.15) is 0 Å². The lowest BCUT2D eigenvalue weighted by Crippen LogP contribution is -2.24. The van der Waals surface area contributed by atoms with E-state index in [1.807, 2.05) is 0 Å². The van der Waals surface area contributed by atoms with Gasteiger partial charge in [0.05, 0.1) is 6.61 Å². The zero-order valence-corrected chi connectivity index (χ0v) is 10.00. The predicted octanol–water partition coefficient (Wildman–Crippen LogP) is 0.286. The standard InChI is InChI=1S/C10H16N6O/c1-8(2)11-6-3-7-17-10-5-4-9-12-14-15-16(9)13-10/h4-5,8,11H,3,6-7H2,1-2H3. The van der Waals surface area contributed by atoms with E-state index in [2.05, 4.69) is 39.8 Å². The lowest BCUT2D eigenvalue weighted by Gasteiger charge is -2.08. The molecule has 0 aliphatic heterocycles. The summed E-state index contributed by atoms with van der Waals surface area (Å²) < 4.78 is 6.85. The minimum atomic E-state index is 0.505. The summed E-state index contributed by atoms with van der Waals surface area (Å²) in [4.78, 5) is 0. The van der Waals surface area contributed by atoms with Gasteiger partial charge in [0.2, 0.25) is 5.88 Å². The van der Waals surface area contributed by atoms with E-state index in [1.54, 1.807) is 12.1 Å². The van der Waals surface area contributed by atoms with Gasteiger partial charge < -0.3 is 10.1 Å². The molecule has 0 aromatic carbocycles. The highest BCUT2D eigenvalue weighted by molar-refractivity contribution is 5.34. The SMILES string of the molecule is CC(C)NCCCOc1ccc2nnnn2n1. The van der Waals surface area contributed by atoms with Crippen molar-refractivity contribution in [2.24, 2.45) is 0 Å². The lowest BCUT2D eigenvalue weighted by atomic mass is 10.3. The molecule has 0 atom stereocenters. The molecule has 0 spiro atoms. The zero-order valence-electron chi connectivity index (χ0n) is 10.00. The van der Waals surface area contributed by atoms with Crippen molar-refractivity contribution < 1.29 is 4.74 Å². The van der Waals surface area contributed by atoms with Gasteiger partial charge in [-0.25, -0.2) is 0 Å². The Kier molecular flexibility index (Phi) is 3.81. The van der Waals surface area contributed by atoms with Gasteiger partial charge in [0, 0.05) is 12.1 Å². The molecule has 7 heteroatoms. The molecule has 0 bridgehead atoms. The molecule has 0 amide bonds. The summed E-state index contributed by atoms with van der Waals surface area (Å²) in [5.74, 6) is 0.536. The average Bonchev–Trinajstić information content (AvgIpc) is 2.75. The third kappa shape index (κ3) is 3.35. The molecule has 7 nitrogen and oxygen atoms in total. The monoisotopic (exact) mass is 236 g/mol. The number of nitrogens with zero attached hydrogens (tertiary/aromatic N) is 5. The maximum Gasteiger partial charge on any atom is 0.233 e. The van der Waals surface area contributed by atoms with Crippen molar-refractivity contribution in [2.45, 2.75) is 26.3 Å². The third-order valence-electron chi connectivity index (χ3n) is 2.17. The van der Waals surface area contributed by atoms with Crippen LogP contribution in [0.15, 0.2) is 12.1 Å². The molecule has 17 heavy (non-hydrogen) atoms. The fraction of sp³-hybridized carbons (Fsp3) is 0.600. The first-order chi connectivity index (χ1) is 8.25. The number of rotatable bonds is 6. The first-order valence-corrected chi connectivity index (χ1v) is 5.67. The van der Waals surface area contributed by atoms with Crippen LogP contribution < -0.4 is 10.1 Å². The van der Waals surface area contributed by atoms with Crippen molar-refractivity contribution in [3.8, 4) is 5.88 Å². The van der Waals surface area contributed by atoms with Gasteiger partial charge in [-0.1, -0.05) is 13.8 Å². The molecule has 0 aliphatic rings. The van der Waals surface area contributed by atoms with E-state index in [-0.39, 0.29) is 0 Å². The quantitative estimate of drug-likeness (QED) is 0.726. The Labute approximate surface area is 99.2 Å². The molecule has 1 N–H and O–H groups in total. The lowest BCUT2D eigenvalue weighted by molar-refractivity contribution is 0.289. The number of hydrogen-bond acceptors (Lipinski definition) is 6. The molecule has 0 unspecified atom stereocenters. The van der Waals surface area contributed by atoms with E-state index < -0.39 is 0 Å². The molecule has 0 fully saturated rings. The van der Waals surface area contributed by atoms with E-state index in [0.717, 1.165) is 13.0 Å². The number of hydrogen-bond donors (Lipinski definition) is 1. The van der Waals surface area contributed by atoms with Crippen LogP contribution in [0.2, 0.25) is 0 Å². The van der Waals surface area contributed by atoms with E-state index >= 15 is 0 Å². The molecule has 2 heterocycles. The summed E-state index contributed by atoms with van der Waals surface area (Å²) in [6.07, 6.45) is 0.938. The second-order valence-corrected chi connectivity index (χ2v) is 4.01. The number of ether oxygens (including phenoxy) is 1. The van der Waals surface area contributed by atoms with Crippen molar-refractivity contribution >= 4 is 5.65 Å². The van der Waals surface area contributed by atoms with Gasteiger partial charge in [-0.3, -0.25) is 0 Å². The largest absolute Gasteiger partial charge is 0.477 e. The molecular formula is C10H16N6O. The Bertz CT molecular complexity index is 469. The Morgan fingerprint density at radius 2 is 2.29 bits per heavy atom. The van der Waals surface area contributed by atoms with Crippen LogP contribution >= 0.6 is 0 Å². The molecule has 92 valence electrons. The van der Waals surface area contributed by atoms with Crippen LogP contribution in [0.5, 0.6) is 5.88 Å². The van der Waals surface area contributed by atoms with Crippen LogP contribution in [0.4, 0.5) is 0 Å². The highest BCUT2D eigenvalue weighted by Gasteiger charge is 2.01. The fourth-order valence-corrected chi connectivity index (χ4v) is 1.35. The molecule has 2 aromatic heterocycles. The minimum absolute atomic E-state index is 0.505. The van der Waals surface area contributed by atoms with Crippen LogP contribution in [0.25, 0.3) is 5.65 Å². The van der Waals surface area contributed by atoms with Crippen molar-refractivity contribution in [1.29, 1.82) is 0 Å². The Morgan fingerprint density at radius 1 is 1.41 bits per heavy atom. The molecular weight excluding hydrogens is 220 g/mol. The summed E-state index contributed by atoms with van der Waals surface area (Å²) in [6.45, 7) is 5.80. The number of aromatic nitrogens is 5. The second-order valence-electron chi connectivity index (χ2n) is 4.01. The van der Waals surface area contributed by atoms with Gasteiger partial charge >= 0.3 is 0 Å². The van der Waals surface area contributed by atoms with E-state index in [4.69, 9.17) is 4.74 Å². The highest BCUT2D eigenvalue weighted by Crippen LogP contribution is 2.05. The van der Waals surface area contributed by atoms with Crippen molar-refractivity contribution in [2.75, 3.05) is 13.2 Å². The van der Waals surface area contributed by atoms with Crippen LogP contribution in [-0.2, 0) is 0 Å². The van der Waals surface area contributed by atoms with Gasteiger partial charge in [0.15, 0.2) is 5.65 Å². The number of tetrazole rings is 1. The van der Waals surface area contributed by atoms with Crippen molar-refractivity contribution in [1.82, 2.24) is 30.6 Å². The number of nitrogens with one attached hydrogen (secondary N) is 1. The van der Waals surface area contributed by atoms with E-state index in [9.17, 15) is 0 Å². The summed E-state index contributed by atoms with van der Waals surface area (Å²) in [7, 11) is 0. The smallest absolute Gasteiger partial charge is 0.233 e. The van der Waals surface area contributed by atoms with E-state index in [0.29, 0.717) is 24.2 Å². The minimum Gasteiger partial charge on any atom is -0.477 e. The molecule has 0 saturated heterocycles. The first kappa shape index (κ1) is 11.7. The summed E-state index contributed by atoms with van der Waals surface area (Å²) in [6, 6.07) is 4.04. The Balaban J connectivity index is 1.78. The van der Waals surface area contributed by atoms with Crippen molar-refractivity contribution in [3.63, 3.8) is 0 Å². The predicted molar refractivity (Wildman–Crippen MR) is 61.8 cm³/mol. The molecule has 0 saturated carbocycles. The maximum absolute atomic E-state index is 5.50. The average molecular weight is 236 g/mol. The Morgan fingerprint density at radius 3 is 3.12 bits per heavy atom.